The molecule has 68 valence electrons. The Bertz CT molecular complexity index is 444. The minimum atomic E-state index is 0.507. The zero-order chi connectivity index (χ0) is 9.42. The van der Waals surface area contributed by atoms with Gasteiger partial charge in [-0.05, 0) is 18.6 Å². The lowest BCUT2D eigenvalue weighted by molar-refractivity contribution is 0.802. The number of hydrogen-bond acceptors (Lipinski definition) is 3. The number of nitrogen functional groups attached to an aromatic ring is 1. The zero-order valence-electron chi connectivity index (χ0n) is 7.78. The van der Waals surface area contributed by atoms with E-state index in [1.807, 2.05) is 19.2 Å². The zero-order valence-corrected chi connectivity index (χ0v) is 7.78. The number of hydrogen-bond donors (Lipinski definition) is 1. The van der Waals surface area contributed by atoms with Crippen LogP contribution < -0.4 is 5.73 Å². The van der Waals surface area contributed by atoms with Crippen LogP contribution in [0.5, 0.6) is 0 Å². The Morgan fingerprint density at radius 2 is 2.23 bits per heavy atom. The first-order valence-corrected chi connectivity index (χ1v) is 4.30. The minimum absolute atomic E-state index is 0.507. The third kappa shape index (κ3) is 1.14. The summed E-state index contributed by atoms with van der Waals surface area (Å²) in [5, 5.41) is 4.10. The molecule has 2 aromatic heterocycles. The first-order chi connectivity index (χ1) is 6.22. The lowest BCUT2D eigenvalue weighted by atomic mass is 10.2. The second kappa shape index (κ2) is 2.73. The number of aromatic nitrogens is 3. The molecule has 0 bridgehead atoms. The van der Waals surface area contributed by atoms with Crippen molar-refractivity contribution in [2.24, 2.45) is 7.05 Å². The summed E-state index contributed by atoms with van der Waals surface area (Å²) in [5.41, 5.74) is 8.54. The molecule has 0 fully saturated rings. The van der Waals surface area contributed by atoms with Crippen LogP contribution in [0, 0.1) is 0 Å². The average molecular weight is 176 g/mol. The molecule has 0 unspecified atom stereocenters. The van der Waals surface area contributed by atoms with Crippen molar-refractivity contribution in [3.8, 4) is 0 Å². The number of rotatable bonds is 1. The Morgan fingerprint density at radius 3 is 2.92 bits per heavy atom. The third-order valence-corrected chi connectivity index (χ3v) is 2.14. The van der Waals surface area contributed by atoms with Crippen LogP contribution in [-0.2, 0) is 13.5 Å². The van der Waals surface area contributed by atoms with Crippen molar-refractivity contribution in [2.75, 3.05) is 5.73 Å². The van der Waals surface area contributed by atoms with Crippen LogP contribution in [-0.4, -0.2) is 14.8 Å². The molecule has 2 rings (SSSR count). The Hall–Kier alpha value is -1.58. The van der Waals surface area contributed by atoms with Crippen LogP contribution >= 0.6 is 0 Å². The third-order valence-electron chi connectivity index (χ3n) is 2.14. The summed E-state index contributed by atoms with van der Waals surface area (Å²) < 4.78 is 1.75. The van der Waals surface area contributed by atoms with Gasteiger partial charge >= 0.3 is 0 Å². The van der Waals surface area contributed by atoms with Gasteiger partial charge < -0.3 is 5.73 Å². The van der Waals surface area contributed by atoms with Crippen LogP contribution in [0.4, 0.5) is 5.82 Å². The molecule has 0 radical (unpaired) electrons. The fourth-order valence-corrected chi connectivity index (χ4v) is 1.40. The highest BCUT2D eigenvalue weighted by molar-refractivity contribution is 5.85. The second-order valence-electron chi connectivity index (χ2n) is 3.03. The quantitative estimate of drug-likeness (QED) is 0.708. The van der Waals surface area contributed by atoms with Gasteiger partial charge in [-0.25, -0.2) is 4.98 Å². The lowest BCUT2D eigenvalue weighted by Crippen LogP contribution is -1.91. The summed E-state index contributed by atoms with van der Waals surface area (Å²) >= 11 is 0. The highest BCUT2D eigenvalue weighted by atomic mass is 15.3. The highest BCUT2D eigenvalue weighted by Gasteiger charge is 2.06. The van der Waals surface area contributed by atoms with E-state index in [-0.39, 0.29) is 0 Å². The summed E-state index contributed by atoms with van der Waals surface area (Å²) in [7, 11) is 1.87. The summed E-state index contributed by atoms with van der Waals surface area (Å²) in [6.45, 7) is 2.07. The number of aryl methyl sites for hydroxylation is 2. The fraction of sp³-hybridized carbons (Fsp3) is 0.333. The molecule has 0 saturated carbocycles. The number of pyridine rings is 1. The molecule has 0 spiro atoms. The van der Waals surface area contributed by atoms with E-state index >= 15 is 0 Å². The fourth-order valence-electron chi connectivity index (χ4n) is 1.40. The SMILES string of the molecule is CCc1ccc2c(n1)c(N)nn2C. The highest BCUT2D eigenvalue weighted by Crippen LogP contribution is 2.17. The Labute approximate surface area is 76.4 Å². The van der Waals surface area contributed by atoms with Gasteiger partial charge in [-0.1, -0.05) is 6.92 Å². The van der Waals surface area contributed by atoms with Crippen molar-refractivity contribution >= 4 is 16.9 Å². The monoisotopic (exact) mass is 176 g/mol. The first-order valence-electron chi connectivity index (χ1n) is 4.30. The van der Waals surface area contributed by atoms with Crippen LogP contribution in [0.1, 0.15) is 12.6 Å². The van der Waals surface area contributed by atoms with Crippen molar-refractivity contribution in [1.29, 1.82) is 0 Å². The van der Waals surface area contributed by atoms with Crippen molar-refractivity contribution in [3.05, 3.63) is 17.8 Å². The van der Waals surface area contributed by atoms with Crippen LogP contribution in [0.2, 0.25) is 0 Å². The van der Waals surface area contributed by atoms with Crippen molar-refractivity contribution in [1.82, 2.24) is 14.8 Å². The van der Waals surface area contributed by atoms with E-state index in [1.54, 1.807) is 4.68 Å². The summed E-state index contributed by atoms with van der Waals surface area (Å²) in [6, 6.07) is 4.01. The van der Waals surface area contributed by atoms with Gasteiger partial charge in [0, 0.05) is 12.7 Å². The van der Waals surface area contributed by atoms with Gasteiger partial charge in [0.2, 0.25) is 0 Å². The van der Waals surface area contributed by atoms with Crippen LogP contribution in [0.25, 0.3) is 11.0 Å². The lowest BCUT2D eigenvalue weighted by Gasteiger charge is -1.96. The van der Waals surface area contributed by atoms with Gasteiger partial charge in [-0.2, -0.15) is 5.10 Å². The van der Waals surface area contributed by atoms with Crippen molar-refractivity contribution in [3.63, 3.8) is 0 Å². The van der Waals surface area contributed by atoms with E-state index in [2.05, 4.69) is 17.0 Å². The predicted octanol–water partition coefficient (Wildman–Crippen LogP) is 1.11. The van der Waals surface area contributed by atoms with Gasteiger partial charge in [0.25, 0.3) is 0 Å². The molecular formula is C9H12N4. The largest absolute Gasteiger partial charge is 0.380 e. The molecule has 0 aliphatic rings. The number of nitrogens with two attached hydrogens (primary N) is 1. The number of anilines is 1. The molecule has 0 amide bonds. The van der Waals surface area contributed by atoms with E-state index < -0.39 is 0 Å². The maximum absolute atomic E-state index is 5.71. The molecule has 0 aromatic carbocycles. The average Bonchev–Trinajstić information content (AvgIpc) is 2.42. The van der Waals surface area contributed by atoms with Crippen molar-refractivity contribution < 1.29 is 0 Å². The van der Waals surface area contributed by atoms with E-state index in [9.17, 15) is 0 Å². The van der Waals surface area contributed by atoms with Gasteiger partial charge in [-0.3, -0.25) is 4.68 Å². The molecule has 4 heteroatoms. The normalized spacial score (nSPS) is 10.9. The van der Waals surface area contributed by atoms with E-state index in [4.69, 9.17) is 5.73 Å². The number of nitrogens with zero attached hydrogens (tertiary/aromatic N) is 3. The number of fused-ring (bicyclic) bond motifs is 1. The molecular weight excluding hydrogens is 164 g/mol. The molecule has 13 heavy (non-hydrogen) atoms. The summed E-state index contributed by atoms with van der Waals surface area (Å²) in [6.07, 6.45) is 0.921. The van der Waals surface area contributed by atoms with E-state index in [1.165, 1.54) is 0 Å². The maximum atomic E-state index is 5.71. The van der Waals surface area contributed by atoms with E-state index in [0.717, 1.165) is 23.1 Å². The molecule has 0 aliphatic heterocycles. The van der Waals surface area contributed by atoms with Gasteiger partial charge in [-0.15, -0.1) is 0 Å². The second-order valence-corrected chi connectivity index (χ2v) is 3.03. The molecule has 0 atom stereocenters. The Morgan fingerprint density at radius 1 is 1.46 bits per heavy atom. The van der Waals surface area contributed by atoms with Gasteiger partial charge in [0.15, 0.2) is 5.82 Å². The molecule has 0 aliphatic carbocycles. The van der Waals surface area contributed by atoms with Crippen LogP contribution in [0.3, 0.4) is 0 Å². The summed E-state index contributed by atoms with van der Waals surface area (Å²) in [4.78, 5) is 4.41. The summed E-state index contributed by atoms with van der Waals surface area (Å²) in [5.74, 6) is 0.507. The first kappa shape index (κ1) is 8.04. The van der Waals surface area contributed by atoms with E-state index in [0.29, 0.717) is 5.82 Å². The van der Waals surface area contributed by atoms with Crippen LogP contribution in [0.15, 0.2) is 12.1 Å². The molecule has 2 heterocycles. The Kier molecular flexibility index (Phi) is 1.69. The Balaban J connectivity index is 2.76. The molecule has 2 N–H and O–H groups in total. The molecule has 0 saturated heterocycles. The molecule has 2 aromatic rings. The topological polar surface area (TPSA) is 56.7 Å². The smallest absolute Gasteiger partial charge is 0.172 e. The minimum Gasteiger partial charge on any atom is -0.380 e. The maximum Gasteiger partial charge on any atom is 0.172 e. The molecule has 4 nitrogen and oxygen atoms in total. The van der Waals surface area contributed by atoms with Gasteiger partial charge in [0.1, 0.15) is 5.52 Å². The standard InChI is InChI=1S/C9H12N4/c1-3-6-4-5-7-8(11-6)9(10)12-13(7)2/h4-5H,3H2,1-2H3,(H2,10,12). The predicted molar refractivity (Wildman–Crippen MR) is 52.3 cm³/mol. The van der Waals surface area contributed by atoms with Crippen molar-refractivity contribution in [2.45, 2.75) is 13.3 Å². The van der Waals surface area contributed by atoms with Gasteiger partial charge in [0.05, 0.1) is 5.52 Å².